The maximum absolute atomic E-state index is 12.9. The molecule has 5 rings (SSSR count). The lowest BCUT2D eigenvalue weighted by atomic mass is 10.0. The predicted octanol–water partition coefficient (Wildman–Crippen LogP) is 7.86. The molecule has 0 saturated carbocycles. The number of hydrogen-bond acceptors (Lipinski definition) is 6. The first-order chi connectivity index (χ1) is 19.6. The third-order valence-electron chi connectivity index (χ3n) is 6.46. The fraction of sp³-hybridized carbons (Fsp3) is 0.226. The number of nitrogens with zero attached hydrogens (tertiary/aromatic N) is 3. The molecule has 0 saturated heterocycles. The third-order valence-corrected chi connectivity index (χ3v) is 7.98. The zero-order valence-electron chi connectivity index (χ0n) is 23.0. The van der Waals surface area contributed by atoms with Gasteiger partial charge in [-0.3, -0.25) is 10.2 Å². The summed E-state index contributed by atoms with van der Waals surface area (Å²) >= 11 is 14.3. The van der Waals surface area contributed by atoms with Crippen molar-refractivity contribution in [3.05, 3.63) is 98.0 Å². The first kappa shape index (κ1) is 28.9. The van der Waals surface area contributed by atoms with Crippen LogP contribution >= 0.6 is 35.0 Å². The molecule has 0 unspecified atom stereocenters. The van der Waals surface area contributed by atoms with Gasteiger partial charge in [-0.1, -0.05) is 79.0 Å². The molecule has 7 nitrogen and oxygen atoms in total. The van der Waals surface area contributed by atoms with Gasteiger partial charge in [0, 0.05) is 5.56 Å². The van der Waals surface area contributed by atoms with Crippen molar-refractivity contribution in [1.29, 1.82) is 5.41 Å². The van der Waals surface area contributed by atoms with Crippen molar-refractivity contribution in [2.24, 2.45) is 10.1 Å². The van der Waals surface area contributed by atoms with Crippen LogP contribution in [0.2, 0.25) is 10.0 Å². The van der Waals surface area contributed by atoms with E-state index < -0.39 is 5.91 Å². The molecule has 2 aliphatic heterocycles. The van der Waals surface area contributed by atoms with Crippen molar-refractivity contribution < 1.29 is 14.3 Å². The molecule has 2 aliphatic rings. The van der Waals surface area contributed by atoms with Crippen LogP contribution < -0.4 is 9.47 Å². The van der Waals surface area contributed by atoms with Crippen LogP contribution in [0, 0.1) is 19.3 Å². The lowest BCUT2D eigenvalue weighted by molar-refractivity contribution is -0.114. The molecule has 0 aromatic heterocycles. The SMILES string of the molecule is Cc1ccc(C2=NN3C(=N)/C(=C/c4cc(Cl)c(OCCOc5cc(C)ccc5C(C)C)c(Cl)c4)C(=O)N=C3S2)cc1. The average molecular weight is 608 g/mol. The fourth-order valence-electron chi connectivity index (χ4n) is 4.31. The Morgan fingerprint density at radius 2 is 1.63 bits per heavy atom. The van der Waals surface area contributed by atoms with E-state index in [9.17, 15) is 4.79 Å². The first-order valence-corrected chi connectivity index (χ1v) is 14.6. The quantitative estimate of drug-likeness (QED) is 0.208. The van der Waals surface area contributed by atoms with Gasteiger partial charge < -0.3 is 9.47 Å². The molecule has 210 valence electrons. The second kappa shape index (κ2) is 12.1. The van der Waals surface area contributed by atoms with E-state index in [0.717, 1.165) is 28.0 Å². The number of aliphatic imine (C=N–C) groups is 1. The number of hydrogen-bond donors (Lipinski definition) is 1. The number of rotatable bonds is 8. The van der Waals surface area contributed by atoms with E-state index in [1.54, 1.807) is 12.1 Å². The molecule has 0 atom stereocenters. The summed E-state index contributed by atoms with van der Waals surface area (Å²) in [5.41, 5.74) is 4.89. The molecular formula is C31H28Cl2N4O3S. The van der Waals surface area contributed by atoms with Gasteiger partial charge in [0.25, 0.3) is 5.91 Å². The van der Waals surface area contributed by atoms with Gasteiger partial charge in [0.1, 0.15) is 24.0 Å². The normalized spacial score (nSPS) is 15.8. The number of nitrogens with one attached hydrogen (secondary N) is 1. The van der Waals surface area contributed by atoms with E-state index >= 15 is 0 Å². The molecule has 0 radical (unpaired) electrons. The second-order valence-corrected chi connectivity index (χ2v) is 11.8. The molecule has 0 spiro atoms. The number of thioether (sulfide) groups is 1. The van der Waals surface area contributed by atoms with Gasteiger partial charge in [0.15, 0.2) is 11.6 Å². The number of hydrazone groups is 1. The second-order valence-electron chi connectivity index (χ2n) is 10.00. The Morgan fingerprint density at radius 3 is 2.32 bits per heavy atom. The molecule has 1 N–H and O–H groups in total. The maximum atomic E-state index is 12.9. The van der Waals surface area contributed by atoms with Gasteiger partial charge in [-0.15, -0.1) is 0 Å². The highest BCUT2D eigenvalue weighted by Crippen LogP contribution is 2.36. The molecule has 3 aromatic carbocycles. The number of fused-ring (bicyclic) bond motifs is 1. The standard InChI is InChI=1S/C31H28Cl2N4O3S/c1-17(2)22-10-7-19(4)13-26(22)39-11-12-40-27-24(32)15-20(16-25(27)33)14-23-28(34)37-31(35-29(23)38)41-30(36-37)21-8-5-18(3)6-9-21/h5-10,13-17,34H,11-12H2,1-4H3/b23-14-,34-28?. The minimum Gasteiger partial charge on any atom is -0.490 e. The molecule has 1 amide bonds. The smallest absolute Gasteiger partial charge is 0.283 e. The highest BCUT2D eigenvalue weighted by Gasteiger charge is 2.36. The number of benzene rings is 3. The number of carbonyl (C=O) groups excluding carboxylic acids is 1. The number of ether oxygens (including phenoxy) is 2. The van der Waals surface area contributed by atoms with E-state index in [4.69, 9.17) is 38.1 Å². The summed E-state index contributed by atoms with van der Waals surface area (Å²) in [7, 11) is 0. The summed E-state index contributed by atoms with van der Waals surface area (Å²) in [5.74, 6) is 0.881. The Hall–Kier alpha value is -3.59. The minimum absolute atomic E-state index is 0.0729. The van der Waals surface area contributed by atoms with E-state index in [-0.39, 0.29) is 28.1 Å². The summed E-state index contributed by atoms with van der Waals surface area (Å²) in [6.07, 6.45) is 1.53. The topological polar surface area (TPSA) is 87.3 Å². The van der Waals surface area contributed by atoms with Gasteiger partial charge in [0.2, 0.25) is 5.17 Å². The molecular weight excluding hydrogens is 579 g/mol. The highest BCUT2D eigenvalue weighted by molar-refractivity contribution is 8.27. The van der Waals surface area contributed by atoms with Crippen molar-refractivity contribution in [1.82, 2.24) is 5.01 Å². The number of aryl methyl sites for hydroxylation is 2. The highest BCUT2D eigenvalue weighted by atomic mass is 35.5. The summed E-state index contributed by atoms with van der Waals surface area (Å²) in [5, 5.41) is 16.1. The van der Waals surface area contributed by atoms with Gasteiger partial charge >= 0.3 is 0 Å². The monoisotopic (exact) mass is 606 g/mol. The molecule has 0 aliphatic carbocycles. The molecule has 0 fully saturated rings. The Labute approximate surface area is 253 Å². The molecule has 41 heavy (non-hydrogen) atoms. The predicted molar refractivity (Wildman–Crippen MR) is 168 cm³/mol. The van der Waals surface area contributed by atoms with E-state index in [0.29, 0.717) is 34.0 Å². The van der Waals surface area contributed by atoms with Gasteiger partial charge in [0.05, 0.1) is 15.6 Å². The van der Waals surface area contributed by atoms with Crippen LogP contribution in [0.1, 0.15) is 47.6 Å². The summed E-state index contributed by atoms with van der Waals surface area (Å²) in [6.45, 7) is 8.83. The molecule has 3 aromatic rings. The average Bonchev–Trinajstić information content (AvgIpc) is 3.34. The largest absolute Gasteiger partial charge is 0.490 e. The molecule has 0 bridgehead atoms. The van der Waals surface area contributed by atoms with Crippen LogP contribution in [0.5, 0.6) is 11.5 Å². The van der Waals surface area contributed by atoms with Crippen LogP contribution in [0.4, 0.5) is 0 Å². The lowest BCUT2D eigenvalue weighted by Crippen LogP contribution is -2.35. The number of halogens is 2. The Morgan fingerprint density at radius 1 is 0.976 bits per heavy atom. The number of carbonyl (C=O) groups is 1. The number of amides is 1. The lowest BCUT2D eigenvalue weighted by Gasteiger charge is -2.20. The van der Waals surface area contributed by atoms with Crippen molar-refractivity contribution in [3.8, 4) is 11.5 Å². The Kier molecular flexibility index (Phi) is 8.54. The van der Waals surface area contributed by atoms with Crippen molar-refractivity contribution >= 4 is 63.0 Å². The van der Waals surface area contributed by atoms with Crippen molar-refractivity contribution in [2.75, 3.05) is 13.2 Å². The van der Waals surface area contributed by atoms with Crippen molar-refractivity contribution in [2.45, 2.75) is 33.6 Å². The third kappa shape index (κ3) is 6.35. The summed E-state index contributed by atoms with van der Waals surface area (Å²) in [4.78, 5) is 17.0. The van der Waals surface area contributed by atoms with Gasteiger partial charge in [-0.05, 0) is 72.5 Å². The molecule has 2 heterocycles. The zero-order chi connectivity index (χ0) is 29.3. The maximum Gasteiger partial charge on any atom is 0.283 e. The minimum atomic E-state index is -0.532. The van der Waals surface area contributed by atoms with E-state index in [2.05, 4.69) is 36.1 Å². The molecule has 10 heteroatoms. The summed E-state index contributed by atoms with van der Waals surface area (Å²) in [6, 6.07) is 17.3. The van der Waals surface area contributed by atoms with Crippen molar-refractivity contribution in [3.63, 3.8) is 0 Å². The van der Waals surface area contributed by atoms with E-state index in [1.165, 1.54) is 22.8 Å². The van der Waals surface area contributed by atoms with Crippen LogP contribution in [0.25, 0.3) is 6.08 Å². The van der Waals surface area contributed by atoms with Crippen LogP contribution in [-0.4, -0.2) is 40.2 Å². The first-order valence-electron chi connectivity index (χ1n) is 13.0. The van der Waals surface area contributed by atoms with Crippen LogP contribution in [0.3, 0.4) is 0 Å². The number of amidine groups is 2. The Balaban J connectivity index is 1.28. The zero-order valence-corrected chi connectivity index (χ0v) is 25.3. The van der Waals surface area contributed by atoms with Crippen LogP contribution in [-0.2, 0) is 4.79 Å². The summed E-state index contributed by atoms with van der Waals surface area (Å²) < 4.78 is 11.8. The van der Waals surface area contributed by atoms with Crippen LogP contribution in [0.15, 0.2) is 70.3 Å². The fourth-order valence-corrected chi connectivity index (χ4v) is 5.82. The van der Waals surface area contributed by atoms with Gasteiger partial charge in [-0.25, -0.2) is 0 Å². The van der Waals surface area contributed by atoms with E-state index in [1.807, 2.05) is 44.2 Å². The Bertz CT molecular complexity index is 1610. The van der Waals surface area contributed by atoms with Gasteiger partial charge in [-0.2, -0.15) is 15.1 Å².